The highest BCUT2D eigenvalue weighted by Crippen LogP contribution is 2.32. The number of nitrogens with zero attached hydrogens (tertiary/aromatic N) is 1. The summed E-state index contributed by atoms with van der Waals surface area (Å²) >= 11 is 0. The van der Waals surface area contributed by atoms with Gasteiger partial charge in [-0.2, -0.15) is 0 Å². The Kier molecular flexibility index (Phi) is 2.32. The first kappa shape index (κ1) is 8.70. The fourth-order valence-electron chi connectivity index (χ4n) is 2.09. The molecule has 0 amide bonds. The van der Waals surface area contributed by atoms with Gasteiger partial charge in [0, 0.05) is 18.8 Å². The van der Waals surface area contributed by atoms with E-state index in [-0.39, 0.29) is 0 Å². The van der Waals surface area contributed by atoms with Crippen LogP contribution in [-0.4, -0.2) is 15.7 Å². The number of hydrogen-bond acceptors (Lipinski definition) is 2. The molecule has 0 saturated heterocycles. The standard InChI is InChI=1S/C11H15NO/c13-11(5-1-2-6-11)9-10-3-7-12-8-4-10/h3-4,7-8,13H,1-2,5-6,9H2. The van der Waals surface area contributed by atoms with Gasteiger partial charge in [0.15, 0.2) is 0 Å². The van der Waals surface area contributed by atoms with Crippen LogP contribution in [0.3, 0.4) is 0 Å². The molecule has 2 heteroatoms. The zero-order valence-electron chi connectivity index (χ0n) is 7.74. The van der Waals surface area contributed by atoms with Crippen molar-refractivity contribution in [1.82, 2.24) is 4.98 Å². The highest BCUT2D eigenvalue weighted by Gasteiger charge is 2.30. The van der Waals surface area contributed by atoms with E-state index in [9.17, 15) is 5.11 Å². The number of pyridine rings is 1. The Labute approximate surface area is 78.6 Å². The second kappa shape index (κ2) is 3.46. The molecule has 0 aliphatic heterocycles. The topological polar surface area (TPSA) is 33.1 Å². The minimum absolute atomic E-state index is 0.429. The largest absolute Gasteiger partial charge is 0.390 e. The van der Waals surface area contributed by atoms with Gasteiger partial charge in [0.2, 0.25) is 0 Å². The number of aliphatic hydroxyl groups is 1. The van der Waals surface area contributed by atoms with E-state index >= 15 is 0 Å². The molecule has 0 atom stereocenters. The van der Waals surface area contributed by atoms with Crippen LogP contribution in [0.1, 0.15) is 31.2 Å². The average molecular weight is 177 g/mol. The third kappa shape index (κ3) is 2.07. The van der Waals surface area contributed by atoms with Crippen molar-refractivity contribution in [2.24, 2.45) is 0 Å². The highest BCUT2D eigenvalue weighted by molar-refractivity contribution is 5.13. The maximum atomic E-state index is 10.1. The molecule has 1 aliphatic carbocycles. The van der Waals surface area contributed by atoms with E-state index in [1.807, 2.05) is 12.1 Å². The Morgan fingerprint density at radius 3 is 2.46 bits per heavy atom. The van der Waals surface area contributed by atoms with Crippen molar-refractivity contribution in [3.05, 3.63) is 30.1 Å². The summed E-state index contributed by atoms with van der Waals surface area (Å²) in [5.41, 5.74) is 0.765. The summed E-state index contributed by atoms with van der Waals surface area (Å²) in [5.74, 6) is 0. The van der Waals surface area contributed by atoms with Gasteiger partial charge in [0.05, 0.1) is 5.60 Å². The average Bonchev–Trinajstić information content (AvgIpc) is 2.54. The summed E-state index contributed by atoms with van der Waals surface area (Å²) in [7, 11) is 0. The third-order valence-corrected chi connectivity index (χ3v) is 2.82. The molecular formula is C11H15NO. The van der Waals surface area contributed by atoms with Crippen LogP contribution in [0, 0.1) is 0 Å². The van der Waals surface area contributed by atoms with Gasteiger partial charge in [0.1, 0.15) is 0 Å². The van der Waals surface area contributed by atoms with E-state index in [1.165, 1.54) is 18.4 Å². The minimum atomic E-state index is -0.429. The van der Waals surface area contributed by atoms with Gasteiger partial charge in [-0.15, -0.1) is 0 Å². The molecule has 0 spiro atoms. The summed E-state index contributed by atoms with van der Waals surface area (Å²) in [6.45, 7) is 0. The zero-order valence-corrected chi connectivity index (χ0v) is 7.74. The Bertz CT molecular complexity index is 265. The van der Waals surface area contributed by atoms with Crippen LogP contribution in [0.15, 0.2) is 24.5 Å². The highest BCUT2D eigenvalue weighted by atomic mass is 16.3. The molecule has 1 heterocycles. The minimum Gasteiger partial charge on any atom is -0.390 e. The molecule has 1 N–H and O–H groups in total. The van der Waals surface area contributed by atoms with Crippen LogP contribution in [0.25, 0.3) is 0 Å². The van der Waals surface area contributed by atoms with Gasteiger partial charge in [-0.1, -0.05) is 12.8 Å². The molecule has 1 aromatic rings. The van der Waals surface area contributed by atoms with Gasteiger partial charge in [-0.05, 0) is 30.5 Å². The Hall–Kier alpha value is -0.890. The third-order valence-electron chi connectivity index (χ3n) is 2.82. The lowest BCUT2D eigenvalue weighted by Gasteiger charge is -2.21. The molecule has 70 valence electrons. The van der Waals surface area contributed by atoms with Crippen LogP contribution in [0.5, 0.6) is 0 Å². The summed E-state index contributed by atoms with van der Waals surface area (Å²) in [6, 6.07) is 3.96. The van der Waals surface area contributed by atoms with Crippen molar-refractivity contribution in [1.29, 1.82) is 0 Å². The van der Waals surface area contributed by atoms with Crippen molar-refractivity contribution < 1.29 is 5.11 Å². The van der Waals surface area contributed by atoms with Gasteiger partial charge in [-0.3, -0.25) is 4.98 Å². The predicted octanol–water partition coefficient (Wildman–Crippen LogP) is 1.93. The SMILES string of the molecule is OC1(Cc2ccncc2)CCCC1. The molecule has 0 aromatic carbocycles. The fraction of sp³-hybridized carbons (Fsp3) is 0.545. The van der Waals surface area contributed by atoms with Crippen LogP contribution in [0.2, 0.25) is 0 Å². The van der Waals surface area contributed by atoms with Crippen molar-refractivity contribution >= 4 is 0 Å². The van der Waals surface area contributed by atoms with Crippen molar-refractivity contribution in [3.63, 3.8) is 0 Å². The van der Waals surface area contributed by atoms with Gasteiger partial charge >= 0.3 is 0 Å². The van der Waals surface area contributed by atoms with Crippen LogP contribution < -0.4 is 0 Å². The molecular weight excluding hydrogens is 162 g/mol. The Morgan fingerprint density at radius 2 is 1.85 bits per heavy atom. The lowest BCUT2D eigenvalue weighted by Crippen LogP contribution is -2.26. The maximum absolute atomic E-state index is 10.1. The molecule has 2 rings (SSSR count). The van der Waals surface area contributed by atoms with E-state index in [4.69, 9.17) is 0 Å². The molecule has 1 aromatic heterocycles. The first-order chi connectivity index (χ1) is 6.29. The van der Waals surface area contributed by atoms with E-state index in [2.05, 4.69) is 4.98 Å². The van der Waals surface area contributed by atoms with E-state index < -0.39 is 5.60 Å². The van der Waals surface area contributed by atoms with E-state index in [0.717, 1.165) is 19.3 Å². The molecule has 13 heavy (non-hydrogen) atoms. The number of rotatable bonds is 2. The summed E-state index contributed by atoms with van der Waals surface area (Å²) in [5, 5.41) is 10.1. The molecule has 2 nitrogen and oxygen atoms in total. The maximum Gasteiger partial charge on any atom is 0.0688 e. The van der Waals surface area contributed by atoms with Gasteiger partial charge < -0.3 is 5.11 Å². The molecule has 0 radical (unpaired) electrons. The van der Waals surface area contributed by atoms with Crippen LogP contribution in [-0.2, 0) is 6.42 Å². The normalized spacial score (nSPS) is 20.4. The Balaban J connectivity index is 2.05. The molecule has 1 saturated carbocycles. The monoisotopic (exact) mass is 177 g/mol. The predicted molar refractivity (Wildman–Crippen MR) is 51.4 cm³/mol. The fourth-order valence-corrected chi connectivity index (χ4v) is 2.09. The van der Waals surface area contributed by atoms with Crippen molar-refractivity contribution in [3.8, 4) is 0 Å². The lowest BCUT2D eigenvalue weighted by molar-refractivity contribution is 0.0482. The van der Waals surface area contributed by atoms with E-state index in [1.54, 1.807) is 12.4 Å². The summed E-state index contributed by atoms with van der Waals surface area (Å²) < 4.78 is 0. The van der Waals surface area contributed by atoms with Crippen LogP contribution in [0.4, 0.5) is 0 Å². The van der Waals surface area contributed by atoms with Crippen molar-refractivity contribution in [2.45, 2.75) is 37.7 Å². The first-order valence-corrected chi connectivity index (χ1v) is 4.90. The Morgan fingerprint density at radius 1 is 1.23 bits per heavy atom. The molecule has 0 bridgehead atoms. The molecule has 0 unspecified atom stereocenters. The second-order valence-corrected chi connectivity index (χ2v) is 3.96. The molecule has 1 aliphatic rings. The van der Waals surface area contributed by atoms with Gasteiger partial charge in [0.25, 0.3) is 0 Å². The summed E-state index contributed by atoms with van der Waals surface area (Å²) in [4.78, 5) is 3.96. The first-order valence-electron chi connectivity index (χ1n) is 4.90. The summed E-state index contributed by atoms with van der Waals surface area (Å²) in [6.07, 6.45) is 8.60. The quantitative estimate of drug-likeness (QED) is 0.748. The number of hydrogen-bond donors (Lipinski definition) is 1. The van der Waals surface area contributed by atoms with E-state index in [0.29, 0.717) is 0 Å². The second-order valence-electron chi connectivity index (χ2n) is 3.96. The lowest BCUT2D eigenvalue weighted by atomic mass is 9.94. The smallest absolute Gasteiger partial charge is 0.0688 e. The zero-order chi connectivity index (χ0) is 9.15. The number of aromatic nitrogens is 1. The van der Waals surface area contributed by atoms with Crippen LogP contribution >= 0.6 is 0 Å². The van der Waals surface area contributed by atoms with Crippen molar-refractivity contribution in [2.75, 3.05) is 0 Å². The van der Waals surface area contributed by atoms with Gasteiger partial charge in [-0.25, -0.2) is 0 Å². The molecule has 1 fully saturated rings.